The number of anilines is 1. The Hall–Kier alpha value is -3.32. The summed E-state index contributed by atoms with van der Waals surface area (Å²) in [6.07, 6.45) is 0. The van der Waals surface area contributed by atoms with Crippen molar-refractivity contribution >= 4 is 23.1 Å². The highest BCUT2D eigenvalue weighted by atomic mass is 16.6. The van der Waals surface area contributed by atoms with E-state index in [0.29, 0.717) is 41.5 Å². The van der Waals surface area contributed by atoms with E-state index in [2.05, 4.69) is 0 Å². The average molecular weight is 380 g/mol. The maximum absolute atomic E-state index is 13.3. The molecule has 0 fully saturated rings. The monoisotopic (exact) mass is 380 g/mol. The standard InChI is InChI=1S/C21H20N2O5/c1-22(9-10-24)19-18(14-5-3-2-4-6-14)20(25)23(21(19)26)15-7-8-16-17(13-15)28-12-11-27-16/h2-8,13,24H,9-12H2,1H3. The number of benzene rings is 2. The Balaban J connectivity index is 1.78. The van der Waals surface area contributed by atoms with Gasteiger partial charge in [-0.3, -0.25) is 9.59 Å². The lowest BCUT2D eigenvalue weighted by atomic mass is 10.0. The fraction of sp³-hybridized carbons (Fsp3) is 0.238. The predicted molar refractivity (Wildman–Crippen MR) is 103 cm³/mol. The van der Waals surface area contributed by atoms with Gasteiger partial charge in [-0.1, -0.05) is 30.3 Å². The van der Waals surface area contributed by atoms with Gasteiger partial charge >= 0.3 is 0 Å². The number of fused-ring (bicyclic) bond motifs is 1. The third kappa shape index (κ3) is 2.99. The van der Waals surface area contributed by atoms with Gasteiger partial charge in [0.2, 0.25) is 0 Å². The van der Waals surface area contributed by atoms with Crippen molar-refractivity contribution in [1.82, 2.24) is 4.90 Å². The van der Waals surface area contributed by atoms with Gasteiger partial charge in [0, 0.05) is 19.7 Å². The number of likely N-dealkylation sites (N-methyl/N-ethyl adjacent to an activating group) is 1. The largest absolute Gasteiger partial charge is 0.486 e. The number of aliphatic hydroxyl groups is 1. The second-order valence-corrected chi connectivity index (χ2v) is 6.51. The molecule has 0 aliphatic carbocycles. The van der Waals surface area contributed by atoms with Gasteiger partial charge in [0.05, 0.1) is 17.9 Å². The maximum atomic E-state index is 13.3. The molecule has 0 bridgehead atoms. The Labute approximate surface area is 162 Å². The molecule has 2 aliphatic heterocycles. The number of carbonyl (C=O) groups excluding carboxylic acids is 2. The number of ether oxygens (including phenoxy) is 2. The van der Waals surface area contributed by atoms with E-state index in [1.54, 1.807) is 42.3 Å². The van der Waals surface area contributed by atoms with Gasteiger partial charge in [0.1, 0.15) is 18.9 Å². The minimum atomic E-state index is -0.434. The number of rotatable bonds is 5. The highest BCUT2D eigenvalue weighted by molar-refractivity contribution is 6.45. The van der Waals surface area contributed by atoms with E-state index in [1.807, 2.05) is 18.2 Å². The minimum absolute atomic E-state index is 0.131. The number of hydrogen-bond donors (Lipinski definition) is 1. The molecule has 0 aromatic heterocycles. The first-order valence-corrected chi connectivity index (χ1v) is 9.02. The van der Waals surface area contributed by atoms with Gasteiger partial charge in [-0.25, -0.2) is 4.90 Å². The molecule has 28 heavy (non-hydrogen) atoms. The van der Waals surface area contributed by atoms with Crippen LogP contribution in [0.3, 0.4) is 0 Å². The first kappa shape index (κ1) is 18.1. The van der Waals surface area contributed by atoms with Crippen molar-refractivity contribution in [3.05, 3.63) is 59.8 Å². The van der Waals surface area contributed by atoms with Crippen LogP contribution in [0.1, 0.15) is 5.56 Å². The molecule has 2 aromatic rings. The van der Waals surface area contributed by atoms with Crippen molar-refractivity contribution in [3.8, 4) is 11.5 Å². The Morgan fingerprint density at radius 3 is 2.43 bits per heavy atom. The van der Waals surface area contributed by atoms with Crippen LogP contribution in [0, 0.1) is 0 Å². The minimum Gasteiger partial charge on any atom is -0.486 e. The molecule has 4 rings (SSSR count). The quantitative estimate of drug-likeness (QED) is 0.795. The number of amides is 2. The van der Waals surface area contributed by atoms with Gasteiger partial charge in [-0.2, -0.15) is 0 Å². The summed E-state index contributed by atoms with van der Waals surface area (Å²) in [6.45, 7) is 0.979. The zero-order valence-electron chi connectivity index (χ0n) is 15.4. The molecule has 0 unspecified atom stereocenters. The van der Waals surface area contributed by atoms with Crippen molar-refractivity contribution in [3.63, 3.8) is 0 Å². The lowest BCUT2D eigenvalue weighted by Crippen LogP contribution is -2.35. The molecule has 1 N–H and O–H groups in total. The van der Waals surface area contributed by atoms with E-state index in [4.69, 9.17) is 9.47 Å². The van der Waals surface area contributed by atoms with Gasteiger partial charge in [0.25, 0.3) is 11.8 Å². The molecule has 0 saturated heterocycles. The summed E-state index contributed by atoms with van der Waals surface area (Å²) in [5.41, 5.74) is 1.65. The van der Waals surface area contributed by atoms with E-state index in [1.165, 1.54) is 0 Å². The van der Waals surface area contributed by atoms with Crippen molar-refractivity contribution in [2.75, 3.05) is 38.3 Å². The summed E-state index contributed by atoms with van der Waals surface area (Å²) in [6, 6.07) is 14.1. The number of nitrogens with zero attached hydrogens (tertiary/aromatic N) is 2. The van der Waals surface area contributed by atoms with E-state index < -0.39 is 11.8 Å². The molecule has 2 amide bonds. The van der Waals surface area contributed by atoms with Crippen LogP contribution >= 0.6 is 0 Å². The molecule has 2 heterocycles. The smallest absolute Gasteiger partial charge is 0.282 e. The third-order valence-electron chi connectivity index (χ3n) is 4.72. The molecule has 0 radical (unpaired) electrons. The normalized spacial score (nSPS) is 16.0. The fourth-order valence-corrected chi connectivity index (χ4v) is 3.40. The molecule has 0 spiro atoms. The van der Waals surface area contributed by atoms with E-state index >= 15 is 0 Å². The summed E-state index contributed by atoms with van der Waals surface area (Å²) in [4.78, 5) is 29.3. The van der Waals surface area contributed by atoms with Crippen LogP contribution in [0.4, 0.5) is 5.69 Å². The molecular formula is C21H20N2O5. The lowest BCUT2D eigenvalue weighted by Gasteiger charge is -2.22. The zero-order chi connectivity index (χ0) is 19.7. The third-order valence-corrected chi connectivity index (χ3v) is 4.72. The summed E-state index contributed by atoms with van der Waals surface area (Å²) in [5.74, 6) is 0.245. The van der Waals surface area contributed by atoms with Crippen LogP contribution in [-0.4, -0.2) is 55.2 Å². The van der Waals surface area contributed by atoms with Crippen LogP contribution in [0.15, 0.2) is 54.2 Å². The number of aliphatic hydroxyl groups excluding tert-OH is 1. The summed E-state index contributed by atoms with van der Waals surface area (Å²) < 4.78 is 11.1. The highest BCUT2D eigenvalue weighted by Crippen LogP contribution is 2.38. The summed E-state index contributed by atoms with van der Waals surface area (Å²) in [7, 11) is 1.69. The van der Waals surface area contributed by atoms with Crippen LogP contribution in [0.2, 0.25) is 0 Å². The molecule has 2 aliphatic rings. The first-order chi connectivity index (χ1) is 13.6. The van der Waals surface area contributed by atoms with E-state index in [0.717, 1.165) is 4.90 Å². The molecular weight excluding hydrogens is 360 g/mol. The first-order valence-electron chi connectivity index (χ1n) is 9.02. The van der Waals surface area contributed by atoms with Crippen molar-refractivity contribution < 1.29 is 24.2 Å². The molecule has 7 heteroatoms. The van der Waals surface area contributed by atoms with Crippen LogP contribution < -0.4 is 14.4 Å². The van der Waals surface area contributed by atoms with Crippen molar-refractivity contribution in [2.45, 2.75) is 0 Å². The number of carbonyl (C=O) groups is 2. The number of imide groups is 1. The topological polar surface area (TPSA) is 79.3 Å². The van der Waals surface area contributed by atoms with Crippen molar-refractivity contribution in [2.24, 2.45) is 0 Å². The lowest BCUT2D eigenvalue weighted by molar-refractivity contribution is -0.120. The Bertz CT molecular complexity index is 955. The average Bonchev–Trinajstić information content (AvgIpc) is 2.98. The molecule has 7 nitrogen and oxygen atoms in total. The van der Waals surface area contributed by atoms with E-state index in [9.17, 15) is 14.7 Å². The molecule has 144 valence electrons. The molecule has 2 aromatic carbocycles. The summed E-state index contributed by atoms with van der Waals surface area (Å²) in [5, 5.41) is 9.32. The van der Waals surface area contributed by atoms with Crippen LogP contribution in [-0.2, 0) is 9.59 Å². The van der Waals surface area contributed by atoms with Crippen LogP contribution in [0.5, 0.6) is 11.5 Å². The Morgan fingerprint density at radius 2 is 1.71 bits per heavy atom. The van der Waals surface area contributed by atoms with Gasteiger partial charge < -0.3 is 19.5 Å². The SMILES string of the molecule is CN(CCO)C1=C(c2ccccc2)C(=O)N(c2ccc3c(c2)OCCO3)C1=O. The second-order valence-electron chi connectivity index (χ2n) is 6.51. The Morgan fingerprint density at radius 1 is 1.00 bits per heavy atom. The van der Waals surface area contributed by atoms with Gasteiger partial charge in [0.15, 0.2) is 11.5 Å². The molecule has 0 saturated carbocycles. The van der Waals surface area contributed by atoms with Crippen molar-refractivity contribution in [1.29, 1.82) is 0 Å². The van der Waals surface area contributed by atoms with E-state index in [-0.39, 0.29) is 18.8 Å². The Kier molecular flexibility index (Phi) is 4.75. The maximum Gasteiger partial charge on any atom is 0.282 e. The highest BCUT2D eigenvalue weighted by Gasteiger charge is 2.42. The summed E-state index contributed by atoms with van der Waals surface area (Å²) >= 11 is 0. The molecule has 0 atom stereocenters. The van der Waals surface area contributed by atoms with Gasteiger partial charge in [-0.15, -0.1) is 0 Å². The fourth-order valence-electron chi connectivity index (χ4n) is 3.40. The number of hydrogen-bond acceptors (Lipinski definition) is 6. The zero-order valence-corrected chi connectivity index (χ0v) is 15.4. The van der Waals surface area contributed by atoms with Gasteiger partial charge in [-0.05, 0) is 17.7 Å². The second kappa shape index (κ2) is 7.36. The predicted octanol–water partition coefficient (Wildman–Crippen LogP) is 1.67. The van der Waals surface area contributed by atoms with Crippen LogP contribution in [0.25, 0.3) is 5.57 Å².